The maximum Gasteiger partial charge on any atom is 0.0939 e. The summed E-state index contributed by atoms with van der Waals surface area (Å²) < 4.78 is 10.9. The Kier molecular flexibility index (Phi) is 3.53. The highest BCUT2D eigenvalue weighted by Crippen LogP contribution is 2.38. The zero-order chi connectivity index (χ0) is 9.03. The molecule has 0 N–H and O–H groups in total. The van der Waals surface area contributed by atoms with Crippen molar-refractivity contribution < 1.29 is 9.47 Å². The summed E-state index contributed by atoms with van der Waals surface area (Å²) in [7, 11) is 0. The highest BCUT2D eigenvalue weighted by molar-refractivity contribution is 4.95. The van der Waals surface area contributed by atoms with E-state index in [1.165, 1.54) is 12.8 Å². The Bertz CT molecular complexity index is 136. The summed E-state index contributed by atoms with van der Waals surface area (Å²) in [6, 6.07) is 0. The maximum absolute atomic E-state index is 5.46. The van der Waals surface area contributed by atoms with Crippen LogP contribution in [0.3, 0.4) is 0 Å². The van der Waals surface area contributed by atoms with Gasteiger partial charge in [0.05, 0.1) is 11.7 Å². The molecule has 1 heterocycles. The van der Waals surface area contributed by atoms with Gasteiger partial charge in [-0.3, -0.25) is 0 Å². The van der Waals surface area contributed by atoms with E-state index in [4.69, 9.17) is 9.47 Å². The van der Waals surface area contributed by atoms with Gasteiger partial charge in [0, 0.05) is 19.6 Å². The van der Waals surface area contributed by atoms with Gasteiger partial charge in [-0.05, 0) is 20.3 Å². The predicted octanol–water partition coefficient (Wildman–Crippen LogP) is 2.37. The van der Waals surface area contributed by atoms with Crippen LogP contribution in [0.2, 0.25) is 0 Å². The zero-order valence-corrected chi connectivity index (χ0v) is 8.43. The van der Waals surface area contributed by atoms with Gasteiger partial charge in [-0.25, -0.2) is 0 Å². The lowest BCUT2D eigenvalue weighted by molar-refractivity contribution is 0.111. The predicted molar refractivity (Wildman–Crippen MR) is 49.3 cm³/mol. The van der Waals surface area contributed by atoms with E-state index in [2.05, 4.69) is 20.8 Å². The third-order valence-corrected chi connectivity index (χ3v) is 2.63. The van der Waals surface area contributed by atoms with E-state index in [1.807, 2.05) is 0 Å². The smallest absolute Gasteiger partial charge is 0.0939 e. The molecule has 2 atom stereocenters. The lowest BCUT2D eigenvalue weighted by Crippen LogP contribution is -2.12. The molecule has 0 spiro atoms. The van der Waals surface area contributed by atoms with Crippen molar-refractivity contribution in [3.05, 3.63) is 0 Å². The van der Waals surface area contributed by atoms with E-state index >= 15 is 0 Å². The molecule has 0 aromatic heterocycles. The van der Waals surface area contributed by atoms with Crippen molar-refractivity contribution in [3.8, 4) is 0 Å². The lowest BCUT2D eigenvalue weighted by atomic mass is 10.1. The van der Waals surface area contributed by atoms with Crippen LogP contribution >= 0.6 is 0 Å². The average Bonchev–Trinajstić information content (AvgIpc) is 2.60. The molecule has 1 saturated heterocycles. The fraction of sp³-hybridized carbons (Fsp3) is 1.00. The third kappa shape index (κ3) is 2.76. The molecule has 0 aliphatic carbocycles. The largest absolute Gasteiger partial charge is 0.381 e. The first-order chi connectivity index (χ1) is 5.69. The first kappa shape index (κ1) is 10.0. The Morgan fingerprint density at radius 2 is 2.08 bits per heavy atom. The number of epoxide rings is 1. The van der Waals surface area contributed by atoms with Crippen molar-refractivity contribution in [1.29, 1.82) is 0 Å². The Labute approximate surface area is 75.2 Å². The van der Waals surface area contributed by atoms with Crippen molar-refractivity contribution in [1.82, 2.24) is 0 Å². The second-order valence-electron chi connectivity index (χ2n) is 3.79. The molecule has 0 aromatic carbocycles. The van der Waals surface area contributed by atoms with Crippen LogP contribution in [0.1, 0.15) is 40.0 Å². The van der Waals surface area contributed by atoms with E-state index < -0.39 is 0 Å². The lowest BCUT2D eigenvalue weighted by Gasteiger charge is -2.06. The van der Waals surface area contributed by atoms with Crippen molar-refractivity contribution in [2.24, 2.45) is 0 Å². The van der Waals surface area contributed by atoms with Crippen LogP contribution in [0.5, 0.6) is 0 Å². The minimum absolute atomic E-state index is 0.131. The Hall–Kier alpha value is -0.0800. The van der Waals surface area contributed by atoms with Gasteiger partial charge in [0.1, 0.15) is 0 Å². The minimum Gasteiger partial charge on any atom is -0.381 e. The quantitative estimate of drug-likeness (QED) is 0.453. The summed E-state index contributed by atoms with van der Waals surface area (Å²) in [5.41, 5.74) is 0.131. The van der Waals surface area contributed by atoms with Crippen molar-refractivity contribution >= 4 is 0 Å². The Morgan fingerprint density at radius 3 is 2.58 bits per heavy atom. The molecule has 0 amide bonds. The Balaban J connectivity index is 1.90. The van der Waals surface area contributed by atoms with Crippen molar-refractivity contribution in [2.45, 2.75) is 51.7 Å². The molecule has 0 radical (unpaired) electrons. The summed E-state index contributed by atoms with van der Waals surface area (Å²) >= 11 is 0. The van der Waals surface area contributed by atoms with Crippen LogP contribution in [0, 0.1) is 0 Å². The molecular formula is C10H20O2. The second kappa shape index (κ2) is 4.24. The first-order valence-electron chi connectivity index (χ1n) is 4.94. The summed E-state index contributed by atoms with van der Waals surface area (Å²) in [4.78, 5) is 0. The third-order valence-electron chi connectivity index (χ3n) is 2.63. The van der Waals surface area contributed by atoms with Gasteiger partial charge in [-0.1, -0.05) is 13.3 Å². The van der Waals surface area contributed by atoms with E-state index in [1.54, 1.807) is 0 Å². The molecule has 2 heteroatoms. The van der Waals surface area contributed by atoms with E-state index in [9.17, 15) is 0 Å². The summed E-state index contributed by atoms with van der Waals surface area (Å²) in [6.07, 6.45) is 3.86. The van der Waals surface area contributed by atoms with Gasteiger partial charge in [0.2, 0.25) is 0 Å². The molecule has 0 saturated carbocycles. The SMILES string of the molecule is CCCCOCC[C@]1(C)OC1C. The molecule has 1 fully saturated rings. The van der Waals surface area contributed by atoms with Crippen LogP contribution in [-0.4, -0.2) is 24.9 Å². The highest BCUT2D eigenvalue weighted by Gasteiger charge is 2.47. The van der Waals surface area contributed by atoms with E-state index in [0.29, 0.717) is 6.10 Å². The first-order valence-corrected chi connectivity index (χ1v) is 4.94. The second-order valence-corrected chi connectivity index (χ2v) is 3.79. The topological polar surface area (TPSA) is 21.8 Å². The van der Waals surface area contributed by atoms with Gasteiger partial charge in [0.15, 0.2) is 0 Å². The number of rotatable bonds is 6. The molecule has 1 rings (SSSR count). The summed E-state index contributed by atoms with van der Waals surface area (Å²) in [5, 5.41) is 0. The molecular weight excluding hydrogens is 152 g/mol. The van der Waals surface area contributed by atoms with Crippen molar-refractivity contribution in [3.63, 3.8) is 0 Å². The number of unbranched alkanes of at least 4 members (excludes halogenated alkanes) is 1. The fourth-order valence-corrected chi connectivity index (χ4v) is 1.26. The normalized spacial score (nSPS) is 33.8. The van der Waals surface area contributed by atoms with Gasteiger partial charge in [-0.2, -0.15) is 0 Å². The number of hydrogen-bond acceptors (Lipinski definition) is 2. The standard InChI is InChI=1S/C10H20O2/c1-4-5-7-11-8-6-10(3)9(2)12-10/h9H,4-8H2,1-3H3/t9?,10-/m0/s1. The highest BCUT2D eigenvalue weighted by atomic mass is 16.6. The van der Waals surface area contributed by atoms with Gasteiger partial charge in [0.25, 0.3) is 0 Å². The van der Waals surface area contributed by atoms with Crippen LogP contribution in [0.25, 0.3) is 0 Å². The molecule has 1 aliphatic heterocycles. The van der Waals surface area contributed by atoms with Gasteiger partial charge in [-0.15, -0.1) is 0 Å². The molecule has 0 aromatic rings. The summed E-state index contributed by atoms with van der Waals surface area (Å²) in [6.45, 7) is 8.20. The van der Waals surface area contributed by atoms with E-state index in [0.717, 1.165) is 19.6 Å². The van der Waals surface area contributed by atoms with Crippen molar-refractivity contribution in [2.75, 3.05) is 13.2 Å². The molecule has 2 nitrogen and oxygen atoms in total. The Morgan fingerprint density at radius 1 is 1.42 bits per heavy atom. The van der Waals surface area contributed by atoms with E-state index in [-0.39, 0.29) is 5.60 Å². The molecule has 1 unspecified atom stereocenters. The van der Waals surface area contributed by atoms with Gasteiger partial charge < -0.3 is 9.47 Å². The zero-order valence-electron chi connectivity index (χ0n) is 8.43. The van der Waals surface area contributed by atoms with Gasteiger partial charge >= 0.3 is 0 Å². The monoisotopic (exact) mass is 172 g/mol. The van der Waals surface area contributed by atoms with Crippen LogP contribution in [-0.2, 0) is 9.47 Å². The van der Waals surface area contributed by atoms with Crippen LogP contribution in [0.4, 0.5) is 0 Å². The number of hydrogen-bond donors (Lipinski definition) is 0. The molecule has 12 heavy (non-hydrogen) atoms. The van der Waals surface area contributed by atoms with Crippen LogP contribution in [0.15, 0.2) is 0 Å². The minimum atomic E-state index is 0.131. The fourth-order valence-electron chi connectivity index (χ4n) is 1.26. The molecule has 1 aliphatic rings. The summed E-state index contributed by atoms with van der Waals surface area (Å²) in [5.74, 6) is 0. The average molecular weight is 172 g/mol. The number of ether oxygens (including phenoxy) is 2. The maximum atomic E-state index is 5.46. The molecule has 0 bridgehead atoms. The van der Waals surface area contributed by atoms with Crippen LogP contribution < -0.4 is 0 Å². The molecule has 72 valence electrons.